The number of hydrogen-bond donors (Lipinski definition) is 1. The first-order chi connectivity index (χ1) is 5.49. The molecular weight excluding hydrogens is 156 g/mol. The van der Waals surface area contributed by atoms with Gasteiger partial charge in [0.1, 0.15) is 5.54 Å². The number of hydrogen-bond acceptors (Lipinski definition) is 2. The Morgan fingerprint density at radius 2 is 2.17 bits per heavy atom. The van der Waals surface area contributed by atoms with Gasteiger partial charge < -0.3 is 10.2 Å². The average molecular weight is 170 g/mol. The van der Waals surface area contributed by atoms with Gasteiger partial charge in [0.15, 0.2) is 0 Å². The minimum atomic E-state index is -0.690. The molecule has 1 N–H and O–H groups in total. The fraction of sp³-hybridized carbons (Fsp3) is 0.750. The van der Waals surface area contributed by atoms with Crippen LogP contribution >= 0.6 is 0 Å². The van der Waals surface area contributed by atoms with Crippen molar-refractivity contribution >= 4 is 11.8 Å². The molecule has 0 aromatic carbocycles. The van der Waals surface area contributed by atoms with Crippen LogP contribution in [0.5, 0.6) is 0 Å². The van der Waals surface area contributed by atoms with E-state index < -0.39 is 5.54 Å². The molecule has 0 aromatic heterocycles. The van der Waals surface area contributed by atoms with Crippen molar-refractivity contribution in [1.29, 1.82) is 0 Å². The van der Waals surface area contributed by atoms with E-state index in [4.69, 9.17) is 0 Å². The average Bonchev–Trinajstić information content (AvgIpc) is 2.00. The van der Waals surface area contributed by atoms with Crippen LogP contribution in [0.3, 0.4) is 0 Å². The maximum atomic E-state index is 11.5. The molecule has 4 heteroatoms. The summed E-state index contributed by atoms with van der Waals surface area (Å²) in [5.41, 5.74) is -0.690. The summed E-state index contributed by atoms with van der Waals surface area (Å²) in [7, 11) is 1.65. The summed E-state index contributed by atoms with van der Waals surface area (Å²) in [5, 5.41) is 2.69. The summed E-state index contributed by atoms with van der Waals surface area (Å²) in [4.78, 5) is 24.1. The van der Waals surface area contributed by atoms with Crippen molar-refractivity contribution in [2.45, 2.75) is 25.8 Å². The van der Waals surface area contributed by atoms with Gasteiger partial charge >= 0.3 is 0 Å². The monoisotopic (exact) mass is 170 g/mol. The highest BCUT2D eigenvalue weighted by atomic mass is 16.2. The number of carbonyl (C=O) groups is 2. The number of nitrogens with one attached hydrogen (secondary N) is 1. The van der Waals surface area contributed by atoms with E-state index in [0.29, 0.717) is 6.42 Å². The molecule has 1 atom stereocenters. The van der Waals surface area contributed by atoms with E-state index in [1.165, 1.54) is 4.90 Å². The first kappa shape index (κ1) is 9.03. The highest BCUT2D eigenvalue weighted by Crippen LogP contribution is 2.15. The van der Waals surface area contributed by atoms with Gasteiger partial charge in [0.05, 0.1) is 6.54 Å². The number of amides is 2. The normalized spacial score (nSPS) is 30.4. The van der Waals surface area contributed by atoms with Crippen molar-refractivity contribution in [2.75, 3.05) is 13.6 Å². The molecule has 1 aliphatic rings. The molecule has 68 valence electrons. The Kier molecular flexibility index (Phi) is 2.08. The van der Waals surface area contributed by atoms with Gasteiger partial charge in [0.2, 0.25) is 11.8 Å². The summed E-state index contributed by atoms with van der Waals surface area (Å²) in [5.74, 6) is -0.0916. The Hall–Kier alpha value is -1.06. The highest BCUT2D eigenvalue weighted by Gasteiger charge is 2.39. The van der Waals surface area contributed by atoms with Gasteiger partial charge in [-0.2, -0.15) is 0 Å². The van der Waals surface area contributed by atoms with Crippen LogP contribution in [-0.2, 0) is 9.59 Å². The molecule has 1 aliphatic heterocycles. The largest absolute Gasteiger partial charge is 0.340 e. The Balaban J connectivity index is 2.87. The third-order valence-corrected chi connectivity index (χ3v) is 2.32. The van der Waals surface area contributed by atoms with Crippen LogP contribution in [0.1, 0.15) is 20.3 Å². The second-order valence-electron chi connectivity index (χ2n) is 3.40. The van der Waals surface area contributed by atoms with Gasteiger partial charge in [0, 0.05) is 7.05 Å². The highest BCUT2D eigenvalue weighted by molar-refractivity contribution is 5.97. The fourth-order valence-corrected chi connectivity index (χ4v) is 1.35. The number of rotatable bonds is 1. The fourth-order valence-electron chi connectivity index (χ4n) is 1.35. The third kappa shape index (κ3) is 1.29. The van der Waals surface area contributed by atoms with E-state index in [1.54, 1.807) is 14.0 Å². The van der Waals surface area contributed by atoms with E-state index in [-0.39, 0.29) is 18.4 Å². The number of likely N-dealkylation sites (N-methyl/N-ethyl adjacent to an activating group) is 1. The van der Waals surface area contributed by atoms with E-state index in [2.05, 4.69) is 5.32 Å². The summed E-state index contributed by atoms with van der Waals surface area (Å²) in [6, 6.07) is 0. The second kappa shape index (κ2) is 2.77. The van der Waals surface area contributed by atoms with Crippen molar-refractivity contribution in [3.05, 3.63) is 0 Å². The molecule has 1 rings (SSSR count). The quantitative estimate of drug-likeness (QED) is 0.589. The zero-order valence-electron chi connectivity index (χ0n) is 7.68. The third-order valence-electron chi connectivity index (χ3n) is 2.32. The van der Waals surface area contributed by atoms with Crippen LogP contribution in [0.15, 0.2) is 0 Å². The molecule has 0 bridgehead atoms. The van der Waals surface area contributed by atoms with Gasteiger partial charge in [-0.05, 0) is 13.3 Å². The lowest BCUT2D eigenvalue weighted by atomic mass is 9.95. The Labute approximate surface area is 71.9 Å². The van der Waals surface area contributed by atoms with Crippen molar-refractivity contribution in [1.82, 2.24) is 10.2 Å². The zero-order valence-corrected chi connectivity index (χ0v) is 7.68. The molecule has 0 aromatic rings. The van der Waals surface area contributed by atoms with E-state index in [1.807, 2.05) is 6.92 Å². The summed E-state index contributed by atoms with van der Waals surface area (Å²) in [6.07, 6.45) is 0.627. The topological polar surface area (TPSA) is 49.4 Å². The van der Waals surface area contributed by atoms with Gasteiger partial charge in [-0.25, -0.2) is 0 Å². The molecule has 0 spiro atoms. The lowest BCUT2D eigenvalue weighted by Gasteiger charge is -2.37. The van der Waals surface area contributed by atoms with Gasteiger partial charge in [-0.15, -0.1) is 0 Å². The molecule has 0 saturated carbocycles. The van der Waals surface area contributed by atoms with Crippen molar-refractivity contribution in [3.63, 3.8) is 0 Å². The first-order valence-corrected chi connectivity index (χ1v) is 4.06. The second-order valence-corrected chi connectivity index (χ2v) is 3.40. The first-order valence-electron chi connectivity index (χ1n) is 4.06. The summed E-state index contributed by atoms with van der Waals surface area (Å²) < 4.78 is 0. The van der Waals surface area contributed by atoms with Crippen LogP contribution in [0.25, 0.3) is 0 Å². The molecule has 0 aliphatic carbocycles. The minimum absolute atomic E-state index is 0.00963. The van der Waals surface area contributed by atoms with Crippen molar-refractivity contribution in [2.24, 2.45) is 0 Å². The molecule has 2 amide bonds. The van der Waals surface area contributed by atoms with Crippen LogP contribution in [-0.4, -0.2) is 35.8 Å². The number of nitrogens with zero attached hydrogens (tertiary/aromatic N) is 1. The number of piperazine rings is 1. The molecule has 1 unspecified atom stereocenters. The number of carbonyl (C=O) groups excluding carboxylic acids is 2. The molecule has 1 fully saturated rings. The SMILES string of the molecule is CCC1(C)NC(=O)CN(C)C1=O. The standard InChI is InChI=1S/C8H14N2O2/c1-4-8(2)7(12)10(3)5-6(11)9-8/h4-5H2,1-3H3,(H,9,11). The van der Waals surface area contributed by atoms with Crippen molar-refractivity contribution < 1.29 is 9.59 Å². The minimum Gasteiger partial charge on any atom is -0.340 e. The predicted molar refractivity (Wildman–Crippen MR) is 44.5 cm³/mol. The van der Waals surface area contributed by atoms with Crippen LogP contribution in [0, 0.1) is 0 Å². The molecule has 12 heavy (non-hydrogen) atoms. The van der Waals surface area contributed by atoms with Crippen molar-refractivity contribution in [3.8, 4) is 0 Å². The Morgan fingerprint density at radius 3 is 2.67 bits per heavy atom. The van der Waals surface area contributed by atoms with Gasteiger partial charge in [0.25, 0.3) is 0 Å². The predicted octanol–water partition coefficient (Wildman–Crippen LogP) is -0.257. The lowest BCUT2D eigenvalue weighted by Crippen LogP contribution is -2.63. The molecule has 1 saturated heterocycles. The van der Waals surface area contributed by atoms with E-state index >= 15 is 0 Å². The maximum absolute atomic E-state index is 11.5. The summed E-state index contributed by atoms with van der Waals surface area (Å²) >= 11 is 0. The zero-order chi connectivity index (χ0) is 9.35. The van der Waals surface area contributed by atoms with E-state index in [9.17, 15) is 9.59 Å². The van der Waals surface area contributed by atoms with Crippen LogP contribution < -0.4 is 5.32 Å². The smallest absolute Gasteiger partial charge is 0.248 e. The Bertz CT molecular complexity index is 227. The van der Waals surface area contributed by atoms with Gasteiger partial charge in [-0.3, -0.25) is 9.59 Å². The van der Waals surface area contributed by atoms with Crippen LogP contribution in [0.2, 0.25) is 0 Å². The van der Waals surface area contributed by atoms with Gasteiger partial charge in [-0.1, -0.05) is 6.92 Å². The molecular formula is C8H14N2O2. The van der Waals surface area contributed by atoms with Crippen LogP contribution in [0.4, 0.5) is 0 Å². The Morgan fingerprint density at radius 1 is 1.58 bits per heavy atom. The molecule has 0 radical (unpaired) electrons. The lowest BCUT2D eigenvalue weighted by molar-refractivity contribution is -0.147. The maximum Gasteiger partial charge on any atom is 0.248 e. The molecule has 4 nitrogen and oxygen atoms in total. The molecule has 1 heterocycles. The van der Waals surface area contributed by atoms with E-state index in [0.717, 1.165) is 0 Å². The summed E-state index contributed by atoms with van der Waals surface area (Å²) in [6.45, 7) is 3.81.